The molecule has 0 spiro atoms. The average Bonchev–Trinajstić information content (AvgIpc) is 3.05. The van der Waals surface area contributed by atoms with E-state index in [1.807, 2.05) is 68.4 Å². The number of rotatable bonds is 15. The Morgan fingerprint density at radius 2 is 1.55 bits per heavy atom. The van der Waals surface area contributed by atoms with Gasteiger partial charge < -0.3 is 24.8 Å². The lowest BCUT2D eigenvalue weighted by Crippen LogP contribution is -2.32. The van der Waals surface area contributed by atoms with Crippen LogP contribution in [0, 0.1) is 6.92 Å². The minimum absolute atomic E-state index is 0.0732. The number of ether oxygens (including phenoxy) is 2. The van der Waals surface area contributed by atoms with Crippen LogP contribution in [-0.4, -0.2) is 42.1 Å². The predicted octanol–water partition coefficient (Wildman–Crippen LogP) is 6.92. The summed E-state index contributed by atoms with van der Waals surface area (Å²) in [5, 5.41) is 12.9. The third-order valence-electron chi connectivity index (χ3n) is 7.12. The molecule has 2 N–H and O–H groups in total. The zero-order valence-electron chi connectivity index (χ0n) is 25.1. The highest BCUT2D eigenvalue weighted by Gasteiger charge is 2.20. The first-order chi connectivity index (χ1) is 21.3. The second kappa shape index (κ2) is 15.9. The highest BCUT2D eigenvalue weighted by atomic mass is 16.5. The third kappa shape index (κ3) is 9.19. The van der Waals surface area contributed by atoms with Gasteiger partial charge in [-0.05, 0) is 80.3 Å². The number of nitrogens with zero attached hydrogens (tertiary/aromatic N) is 1. The zero-order valence-corrected chi connectivity index (χ0v) is 25.1. The van der Waals surface area contributed by atoms with Gasteiger partial charge in [-0.15, -0.1) is 0 Å². The van der Waals surface area contributed by atoms with E-state index < -0.39 is 18.0 Å². The molecule has 0 heterocycles. The van der Waals surface area contributed by atoms with E-state index in [1.54, 1.807) is 53.4 Å². The quantitative estimate of drug-likeness (QED) is 0.0874. The maximum atomic E-state index is 12.6. The molecule has 0 fully saturated rings. The van der Waals surface area contributed by atoms with Crippen LogP contribution in [0.5, 0.6) is 11.5 Å². The van der Waals surface area contributed by atoms with Crippen molar-refractivity contribution < 1.29 is 29.0 Å². The molecule has 0 saturated heterocycles. The molecule has 8 nitrogen and oxygen atoms in total. The molecular formula is C36H38N2O6. The van der Waals surface area contributed by atoms with E-state index >= 15 is 0 Å². The molecule has 0 aliphatic heterocycles. The normalized spacial score (nSPS) is 11.3. The van der Waals surface area contributed by atoms with Gasteiger partial charge in [-0.25, -0.2) is 9.59 Å². The van der Waals surface area contributed by atoms with Crippen LogP contribution in [0.15, 0.2) is 103 Å². The molecule has 0 aliphatic carbocycles. The fraction of sp³-hybridized carbons (Fsp3) is 0.250. The number of carboxylic acid groups (broad SMARTS) is 1. The topological polar surface area (TPSA) is 105 Å². The standard InChI is InChI=1S/C36H38N2O6/c1-3-34(39)38(29-19-14-26(2)15-20-29)24-9-25-43-30-21-16-27(17-22-30)18-23-32(35(40)41)37-31-12-7-8-13-33(31)44-36(42)28-10-5-4-6-11-28/h4-8,10-17,19-22,32,37H,3,9,18,23-25H2,1-2H3,(H,40,41). The second-order valence-electron chi connectivity index (χ2n) is 10.4. The van der Waals surface area contributed by atoms with Gasteiger partial charge in [0.25, 0.3) is 0 Å². The fourth-order valence-electron chi connectivity index (χ4n) is 4.64. The molecule has 0 aliphatic rings. The van der Waals surface area contributed by atoms with Crippen molar-refractivity contribution in [3.05, 3.63) is 120 Å². The summed E-state index contributed by atoms with van der Waals surface area (Å²) >= 11 is 0. The summed E-state index contributed by atoms with van der Waals surface area (Å²) in [6.07, 6.45) is 1.94. The molecule has 1 atom stereocenters. The molecule has 0 saturated carbocycles. The summed E-state index contributed by atoms with van der Waals surface area (Å²) in [7, 11) is 0. The summed E-state index contributed by atoms with van der Waals surface area (Å²) in [6.45, 7) is 4.90. The Labute approximate surface area is 258 Å². The Bertz CT molecular complexity index is 1520. The average molecular weight is 595 g/mol. The fourth-order valence-corrected chi connectivity index (χ4v) is 4.64. The molecule has 1 amide bonds. The van der Waals surface area contributed by atoms with E-state index in [-0.39, 0.29) is 11.7 Å². The van der Waals surface area contributed by atoms with Gasteiger partial charge >= 0.3 is 11.9 Å². The molecule has 4 rings (SSSR count). The van der Waals surface area contributed by atoms with Crippen molar-refractivity contribution in [2.24, 2.45) is 0 Å². The number of nitrogens with one attached hydrogen (secondary N) is 1. The maximum Gasteiger partial charge on any atom is 0.343 e. The second-order valence-corrected chi connectivity index (χ2v) is 10.4. The molecule has 4 aromatic rings. The lowest BCUT2D eigenvalue weighted by Gasteiger charge is -2.22. The van der Waals surface area contributed by atoms with Crippen molar-refractivity contribution in [2.45, 2.75) is 45.6 Å². The van der Waals surface area contributed by atoms with Crippen LogP contribution in [0.2, 0.25) is 0 Å². The number of carboxylic acids is 1. The smallest absolute Gasteiger partial charge is 0.343 e. The van der Waals surface area contributed by atoms with Gasteiger partial charge in [-0.3, -0.25) is 4.79 Å². The van der Waals surface area contributed by atoms with Gasteiger partial charge in [0.2, 0.25) is 5.91 Å². The van der Waals surface area contributed by atoms with E-state index in [2.05, 4.69) is 5.32 Å². The minimum Gasteiger partial charge on any atom is -0.494 e. The lowest BCUT2D eigenvalue weighted by atomic mass is 10.0. The number of carbonyl (C=O) groups excluding carboxylic acids is 2. The van der Waals surface area contributed by atoms with Crippen LogP contribution < -0.4 is 19.7 Å². The number of benzene rings is 4. The van der Waals surface area contributed by atoms with E-state index in [9.17, 15) is 19.5 Å². The number of amides is 1. The van der Waals surface area contributed by atoms with Crippen molar-refractivity contribution in [2.75, 3.05) is 23.4 Å². The highest BCUT2D eigenvalue weighted by molar-refractivity contribution is 5.93. The number of hydrogen-bond donors (Lipinski definition) is 2. The Hall–Kier alpha value is -5.11. The van der Waals surface area contributed by atoms with Crippen LogP contribution in [0.4, 0.5) is 11.4 Å². The van der Waals surface area contributed by atoms with Crippen LogP contribution >= 0.6 is 0 Å². The van der Waals surface area contributed by atoms with Crippen molar-refractivity contribution >= 4 is 29.2 Å². The molecule has 228 valence electrons. The summed E-state index contributed by atoms with van der Waals surface area (Å²) in [5.74, 6) is -0.485. The largest absolute Gasteiger partial charge is 0.494 e. The van der Waals surface area contributed by atoms with Gasteiger partial charge in [0.1, 0.15) is 11.8 Å². The van der Waals surface area contributed by atoms with Crippen LogP contribution in [-0.2, 0) is 16.0 Å². The predicted molar refractivity (Wildman–Crippen MR) is 172 cm³/mol. The Balaban J connectivity index is 1.28. The molecule has 0 radical (unpaired) electrons. The number of hydrogen-bond acceptors (Lipinski definition) is 6. The third-order valence-corrected chi connectivity index (χ3v) is 7.12. The van der Waals surface area contributed by atoms with Gasteiger partial charge in [0.15, 0.2) is 5.75 Å². The number of aryl methyl sites for hydroxylation is 2. The molecule has 1 unspecified atom stereocenters. The van der Waals surface area contributed by atoms with E-state index in [1.165, 1.54) is 0 Å². The summed E-state index contributed by atoms with van der Waals surface area (Å²) in [6, 6.07) is 30.0. The molecule has 0 bridgehead atoms. The first-order valence-electron chi connectivity index (χ1n) is 14.8. The number of carbonyl (C=O) groups is 3. The van der Waals surface area contributed by atoms with Crippen molar-refractivity contribution in [1.82, 2.24) is 0 Å². The zero-order chi connectivity index (χ0) is 31.3. The highest BCUT2D eigenvalue weighted by Crippen LogP contribution is 2.27. The number of anilines is 2. The SMILES string of the molecule is CCC(=O)N(CCCOc1ccc(CCC(Nc2ccccc2OC(=O)c2ccccc2)C(=O)O)cc1)c1ccc(C)cc1. The van der Waals surface area contributed by atoms with Crippen molar-refractivity contribution in [3.8, 4) is 11.5 Å². The molecule has 8 heteroatoms. The summed E-state index contributed by atoms with van der Waals surface area (Å²) < 4.78 is 11.5. The van der Waals surface area contributed by atoms with E-state index in [0.29, 0.717) is 55.8 Å². The number of para-hydroxylation sites is 2. The minimum atomic E-state index is -1.00. The van der Waals surface area contributed by atoms with E-state index in [0.717, 1.165) is 16.8 Å². The van der Waals surface area contributed by atoms with Crippen LogP contribution in [0.25, 0.3) is 0 Å². The van der Waals surface area contributed by atoms with Crippen LogP contribution in [0.1, 0.15) is 47.7 Å². The first-order valence-corrected chi connectivity index (χ1v) is 14.8. The molecule has 4 aromatic carbocycles. The Morgan fingerprint density at radius 1 is 0.864 bits per heavy atom. The molecule has 44 heavy (non-hydrogen) atoms. The summed E-state index contributed by atoms with van der Waals surface area (Å²) in [4.78, 5) is 38.9. The Morgan fingerprint density at radius 3 is 2.23 bits per heavy atom. The maximum absolute atomic E-state index is 12.6. The van der Waals surface area contributed by atoms with Crippen LogP contribution in [0.3, 0.4) is 0 Å². The van der Waals surface area contributed by atoms with Gasteiger partial charge in [0.05, 0.1) is 17.9 Å². The molecule has 0 aromatic heterocycles. The number of esters is 1. The van der Waals surface area contributed by atoms with Gasteiger partial charge in [-0.2, -0.15) is 0 Å². The van der Waals surface area contributed by atoms with E-state index in [4.69, 9.17) is 9.47 Å². The monoisotopic (exact) mass is 594 g/mol. The first kappa shape index (κ1) is 31.8. The summed E-state index contributed by atoms with van der Waals surface area (Å²) in [5.41, 5.74) is 3.83. The van der Waals surface area contributed by atoms with Crippen molar-refractivity contribution in [1.29, 1.82) is 0 Å². The number of aliphatic carboxylic acids is 1. The van der Waals surface area contributed by atoms with Gasteiger partial charge in [0, 0.05) is 18.7 Å². The lowest BCUT2D eigenvalue weighted by molar-refractivity contribution is -0.138. The van der Waals surface area contributed by atoms with Gasteiger partial charge in [-0.1, -0.05) is 67.1 Å². The Kier molecular flexibility index (Phi) is 11.5. The van der Waals surface area contributed by atoms with Crippen molar-refractivity contribution in [3.63, 3.8) is 0 Å². The molecular weight excluding hydrogens is 556 g/mol.